The first-order chi connectivity index (χ1) is 12.2. The Morgan fingerprint density at radius 2 is 2.08 bits per heavy atom. The van der Waals surface area contributed by atoms with Crippen LogP contribution < -0.4 is 15.8 Å². The average molecular weight is 344 g/mol. The number of nitrogens with two attached hydrogens (primary N) is 1. The van der Waals surface area contributed by atoms with Crippen molar-refractivity contribution in [3.8, 4) is 11.4 Å². The van der Waals surface area contributed by atoms with Crippen LogP contribution in [-0.4, -0.2) is 42.1 Å². The standard InChI is InChI=1S/C18H24N4O3/c1-24-16-4-2-15(3-5-16)22-9-6-14(21-22)12-20-18(23)17(19)13-7-10-25-11-8-13/h2-6,9,13,17H,7-8,10-12,19H2,1H3,(H,20,23). The Bertz CT molecular complexity index is 693. The Morgan fingerprint density at radius 3 is 2.76 bits per heavy atom. The first kappa shape index (κ1) is 17.4. The summed E-state index contributed by atoms with van der Waals surface area (Å²) in [5.41, 5.74) is 7.78. The van der Waals surface area contributed by atoms with Crippen molar-refractivity contribution in [1.82, 2.24) is 15.1 Å². The fourth-order valence-corrected chi connectivity index (χ4v) is 2.92. The fraction of sp³-hybridized carbons (Fsp3) is 0.444. The summed E-state index contributed by atoms with van der Waals surface area (Å²) in [4.78, 5) is 12.2. The number of benzene rings is 1. The molecule has 25 heavy (non-hydrogen) atoms. The van der Waals surface area contributed by atoms with E-state index in [1.54, 1.807) is 11.8 Å². The van der Waals surface area contributed by atoms with E-state index in [9.17, 15) is 4.79 Å². The van der Waals surface area contributed by atoms with Gasteiger partial charge in [0.05, 0.1) is 31.1 Å². The summed E-state index contributed by atoms with van der Waals surface area (Å²) in [5, 5.41) is 7.36. The summed E-state index contributed by atoms with van der Waals surface area (Å²) in [5.74, 6) is 0.849. The van der Waals surface area contributed by atoms with Crippen molar-refractivity contribution in [2.45, 2.75) is 25.4 Å². The van der Waals surface area contributed by atoms with Crippen LogP contribution in [0.15, 0.2) is 36.5 Å². The topological polar surface area (TPSA) is 91.4 Å². The number of nitrogens with one attached hydrogen (secondary N) is 1. The third-order valence-electron chi connectivity index (χ3n) is 4.50. The molecule has 7 heteroatoms. The Labute approximate surface area is 147 Å². The molecule has 1 saturated heterocycles. The summed E-state index contributed by atoms with van der Waals surface area (Å²) in [6.07, 6.45) is 3.53. The number of nitrogens with zero attached hydrogens (tertiary/aromatic N) is 2. The first-order valence-corrected chi connectivity index (χ1v) is 8.47. The number of carbonyl (C=O) groups excluding carboxylic acids is 1. The molecule has 134 valence electrons. The van der Waals surface area contributed by atoms with E-state index in [1.165, 1.54) is 0 Å². The van der Waals surface area contributed by atoms with Gasteiger partial charge in [0.25, 0.3) is 0 Å². The molecular formula is C18H24N4O3. The molecular weight excluding hydrogens is 320 g/mol. The lowest BCUT2D eigenvalue weighted by atomic mass is 9.92. The molecule has 1 aromatic heterocycles. The number of hydrogen-bond acceptors (Lipinski definition) is 5. The van der Waals surface area contributed by atoms with Gasteiger partial charge in [0.2, 0.25) is 5.91 Å². The summed E-state index contributed by atoms with van der Waals surface area (Å²) in [7, 11) is 1.63. The SMILES string of the molecule is COc1ccc(-n2ccc(CNC(=O)C(N)C3CCOCC3)n2)cc1. The van der Waals surface area contributed by atoms with Gasteiger partial charge >= 0.3 is 0 Å². The number of aromatic nitrogens is 2. The molecule has 1 amide bonds. The second-order valence-corrected chi connectivity index (χ2v) is 6.14. The number of methoxy groups -OCH3 is 1. The predicted molar refractivity (Wildman–Crippen MR) is 93.5 cm³/mol. The highest BCUT2D eigenvalue weighted by atomic mass is 16.5. The molecule has 1 unspecified atom stereocenters. The quantitative estimate of drug-likeness (QED) is 0.823. The van der Waals surface area contributed by atoms with Gasteiger partial charge in [0, 0.05) is 19.4 Å². The normalized spacial score (nSPS) is 16.4. The number of ether oxygens (including phenoxy) is 2. The van der Waals surface area contributed by atoms with Crippen molar-refractivity contribution < 1.29 is 14.3 Å². The minimum Gasteiger partial charge on any atom is -0.497 e. The molecule has 0 spiro atoms. The van der Waals surface area contributed by atoms with Crippen LogP contribution in [0.4, 0.5) is 0 Å². The largest absolute Gasteiger partial charge is 0.497 e. The molecule has 0 aliphatic carbocycles. The monoisotopic (exact) mass is 344 g/mol. The van der Waals surface area contributed by atoms with Crippen molar-refractivity contribution in [1.29, 1.82) is 0 Å². The highest BCUT2D eigenvalue weighted by molar-refractivity contribution is 5.81. The summed E-state index contributed by atoms with van der Waals surface area (Å²) < 4.78 is 12.2. The average Bonchev–Trinajstić information content (AvgIpc) is 3.15. The Kier molecular flexibility index (Phi) is 5.67. The maximum absolute atomic E-state index is 12.2. The lowest BCUT2D eigenvalue weighted by molar-refractivity contribution is -0.124. The summed E-state index contributed by atoms with van der Waals surface area (Å²) >= 11 is 0. The molecule has 3 rings (SSSR count). The summed E-state index contributed by atoms with van der Waals surface area (Å²) in [6, 6.07) is 9.00. The maximum Gasteiger partial charge on any atom is 0.237 e. The molecule has 0 radical (unpaired) electrons. The van der Waals surface area contributed by atoms with Gasteiger partial charge in [-0.15, -0.1) is 0 Å². The molecule has 1 aliphatic rings. The predicted octanol–water partition coefficient (Wildman–Crippen LogP) is 1.25. The van der Waals surface area contributed by atoms with Crippen LogP contribution in [0.1, 0.15) is 18.5 Å². The fourth-order valence-electron chi connectivity index (χ4n) is 2.92. The van der Waals surface area contributed by atoms with Crippen molar-refractivity contribution in [2.24, 2.45) is 11.7 Å². The van der Waals surface area contributed by atoms with E-state index < -0.39 is 6.04 Å². The van der Waals surface area contributed by atoms with E-state index in [4.69, 9.17) is 15.2 Å². The smallest absolute Gasteiger partial charge is 0.237 e. The Morgan fingerprint density at radius 1 is 1.36 bits per heavy atom. The van der Waals surface area contributed by atoms with Crippen molar-refractivity contribution in [3.05, 3.63) is 42.2 Å². The minimum atomic E-state index is -0.493. The van der Waals surface area contributed by atoms with E-state index in [0.717, 1.165) is 30.0 Å². The lowest BCUT2D eigenvalue weighted by Crippen LogP contribution is -2.46. The third kappa shape index (κ3) is 4.37. The van der Waals surface area contributed by atoms with E-state index in [1.807, 2.05) is 36.5 Å². The third-order valence-corrected chi connectivity index (χ3v) is 4.50. The lowest BCUT2D eigenvalue weighted by Gasteiger charge is -2.26. The zero-order valence-electron chi connectivity index (χ0n) is 14.4. The van der Waals surface area contributed by atoms with Crippen LogP contribution in [0, 0.1) is 5.92 Å². The van der Waals surface area contributed by atoms with Gasteiger partial charge in [0.15, 0.2) is 0 Å². The van der Waals surface area contributed by atoms with Gasteiger partial charge in [-0.1, -0.05) is 0 Å². The van der Waals surface area contributed by atoms with Crippen LogP contribution in [0.2, 0.25) is 0 Å². The highest BCUT2D eigenvalue weighted by Gasteiger charge is 2.26. The second kappa shape index (κ2) is 8.13. The van der Waals surface area contributed by atoms with Crippen molar-refractivity contribution in [2.75, 3.05) is 20.3 Å². The molecule has 0 bridgehead atoms. The molecule has 2 heterocycles. The summed E-state index contributed by atoms with van der Waals surface area (Å²) in [6.45, 7) is 1.72. The van der Waals surface area contributed by atoms with E-state index in [0.29, 0.717) is 19.8 Å². The first-order valence-electron chi connectivity index (χ1n) is 8.47. The van der Waals surface area contributed by atoms with Gasteiger partial charge in [-0.05, 0) is 49.1 Å². The van der Waals surface area contributed by atoms with E-state index in [2.05, 4.69) is 10.4 Å². The molecule has 1 fully saturated rings. The number of hydrogen-bond donors (Lipinski definition) is 2. The molecule has 0 saturated carbocycles. The van der Waals surface area contributed by atoms with E-state index in [-0.39, 0.29) is 11.8 Å². The molecule has 7 nitrogen and oxygen atoms in total. The number of amides is 1. The van der Waals surface area contributed by atoms with Gasteiger partial charge < -0.3 is 20.5 Å². The number of carbonyl (C=O) groups is 1. The van der Waals surface area contributed by atoms with Gasteiger partial charge in [-0.3, -0.25) is 4.79 Å². The molecule has 3 N–H and O–H groups in total. The zero-order chi connectivity index (χ0) is 17.6. The maximum atomic E-state index is 12.2. The zero-order valence-corrected chi connectivity index (χ0v) is 14.4. The molecule has 1 aromatic carbocycles. The van der Waals surface area contributed by atoms with Gasteiger partial charge in [-0.25, -0.2) is 4.68 Å². The van der Waals surface area contributed by atoms with Crippen LogP contribution >= 0.6 is 0 Å². The van der Waals surface area contributed by atoms with Gasteiger partial charge in [0.1, 0.15) is 5.75 Å². The van der Waals surface area contributed by atoms with Crippen LogP contribution in [-0.2, 0) is 16.1 Å². The van der Waals surface area contributed by atoms with E-state index >= 15 is 0 Å². The Hall–Kier alpha value is -2.38. The molecule has 2 aromatic rings. The van der Waals surface area contributed by atoms with Crippen LogP contribution in [0.25, 0.3) is 5.69 Å². The molecule has 1 aliphatic heterocycles. The Balaban J connectivity index is 1.54. The van der Waals surface area contributed by atoms with Crippen LogP contribution in [0.3, 0.4) is 0 Å². The second-order valence-electron chi connectivity index (χ2n) is 6.14. The van der Waals surface area contributed by atoms with Gasteiger partial charge in [-0.2, -0.15) is 5.10 Å². The molecule has 1 atom stereocenters. The number of rotatable bonds is 6. The van der Waals surface area contributed by atoms with Crippen molar-refractivity contribution in [3.63, 3.8) is 0 Å². The van der Waals surface area contributed by atoms with Crippen molar-refractivity contribution >= 4 is 5.91 Å². The highest BCUT2D eigenvalue weighted by Crippen LogP contribution is 2.18. The minimum absolute atomic E-state index is 0.133. The van der Waals surface area contributed by atoms with Crippen LogP contribution in [0.5, 0.6) is 5.75 Å².